The van der Waals surface area contributed by atoms with E-state index in [1.165, 1.54) is 28.7 Å². The molecule has 1 N–H and O–H groups in total. The number of rotatable bonds is 5. The summed E-state index contributed by atoms with van der Waals surface area (Å²) in [4.78, 5) is 5.09. The predicted molar refractivity (Wildman–Crippen MR) is 122 cm³/mol. The number of aromatic hydroxyl groups is 1. The van der Waals surface area contributed by atoms with Gasteiger partial charge in [0.25, 0.3) is 0 Å². The van der Waals surface area contributed by atoms with E-state index in [0.717, 1.165) is 51.1 Å². The van der Waals surface area contributed by atoms with E-state index in [0.29, 0.717) is 11.8 Å². The van der Waals surface area contributed by atoms with Crippen LogP contribution in [0, 0.1) is 0 Å². The SMILES string of the molecule is Oc1cc2c(cc1CN1CCN(C(c3ccccc3)c3ccccc3)CC1)CCC2. The highest BCUT2D eigenvalue weighted by molar-refractivity contribution is 5.44. The van der Waals surface area contributed by atoms with E-state index >= 15 is 0 Å². The van der Waals surface area contributed by atoms with Crippen LogP contribution in [0.4, 0.5) is 0 Å². The van der Waals surface area contributed by atoms with Gasteiger partial charge in [0.2, 0.25) is 0 Å². The summed E-state index contributed by atoms with van der Waals surface area (Å²) in [5.41, 5.74) is 6.58. The number of fused-ring (bicyclic) bond motifs is 1. The highest BCUT2D eigenvalue weighted by Crippen LogP contribution is 2.32. The number of piperazine rings is 1. The van der Waals surface area contributed by atoms with Crippen LogP contribution in [0.25, 0.3) is 0 Å². The summed E-state index contributed by atoms with van der Waals surface area (Å²) in [6.45, 7) is 4.94. The van der Waals surface area contributed by atoms with Crippen molar-refractivity contribution in [1.29, 1.82) is 0 Å². The zero-order valence-corrected chi connectivity index (χ0v) is 17.5. The maximum atomic E-state index is 10.5. The molecule has 3 heteroatoms. The van der Waals surface area contributed by atoms with E-state index in [1.807, 2.05) is 6.07 Å². The first-order valence-corrected chi connectivity index (χ1v) is 11.2. The second kappa shape index (κ2) is 8.63. The van der Waals surface area contributed by atoms with Crippen molar-refractivity contribution in [2.24, 2.45) is 0 Å². The average Bonchev–Trinajstić information content (AvgIpc) is 3.24. The zero-order chi connectivity index (χ0) is 20.3. The monoisotopic (exact) mass is 398 g/mol. The quantitative estimate of drug-likeness (QED) is 0.669. The maximum Gasteiger partial charge on any atom is 0.120 e. The minimum absolute atomic E-state index is 0.294. The molecule has 0 saturated carbocycles. The van der Waals surface area contributed by atoms with Gasteiger partial charge in [-0.15, -0.1) is 0 Å². The second-order valence-corrected chi connectivity index (χ2v) is 8.64. The van der Waals surface area contributed by atoms with Gasteiger partial charge in [0.15, 0.2) is 0 Å². The lowest BCUT2D eigenvalue weighted by Gasteiger charge is -2.40. The summed E-state index contributed by atoms with van der Waals surface area (Å²) in [7, 11) is 0. The Morgan fingerprint density at radius 1 is 0.733 bits per heavy atom. The Kier molecular flexibility index (Phi) is 5.56. The molecule has 1 fully saturated rings. The molecule has 0 spiro atoms. The normalized spacial score (nSPS) is 17.4. The summed E-state index contributed by atoms with van der Waals surface area (Å²) < 4.78 is 0. The lowest BCUT2D eigenvalue weighted by molar-refractivity contribution is 0.104. The molecular formula is C27H30N2O. The van der Waals surface area contributed by atoms with Crippen LogP contribution in [0.2, 0.25) is 0 Å². The number of hydrogen-bond acceptors (Lipinski definition) is 3. The van der Waals surface area contributed by atoms with Crippen molar-refractivity contribution in [3.63, 3.8) is 0 Å². The maximum absolute atomic E-state index is 10.5. The van der Waals surface area contributed by atoms with Crippen molar-refractivity contribution < 1.29 is 5.11 Å². The fraction of sp³-hybridized carbons (Fsp3) is 0.333. The fourth-order valence-electron chi connectivity index (χ4n) is 5.09. The highest BCUT2D eigenvalue weighted by Gasteiger charge is 2.27. The predicted octanol–water partition coefficient (Wildman–Crippen LogP) is 4.79. The third kappa shape index (κ3) is 4.00. The van der Waals surface area contributed by atoms with E-state index in [2.05, 4.69) is 76.5 Å². The molecule has 5 rings (SSSR count). The molecule has 2 aliphatic rings. The Morgan fingerprint density at radius 3 is 1.90 bits per heavy atom. The second-order valence-electron chi connectivity index (χ2n) is 8.64. The van der Waals surface area contributed by atoms with E-state index in [1.54, 1.807) is 0 Å². The van der Waals surface area contributed by atoms with Crippen LogP contribution in [-0.2, 0) is 19.4 Å². The van der Waals surface area contributed by atoms with Gasteiger partial charge in [-0.3, -0.25) is 9.80 Å². The molecule has 30 heavy (non-hydrogen) atoms. The van der Waals surface area contributed by atoms with Crippen LogP contribution in [-0.4, -0.2) is 41.1 Å². The first-order valence-electron chi connectivity index (χ1n) is 11.2. The Bertz CT molecular complexity index is 939. The third-order valence-electron chi connectivity index (χ3n) is 6.69. The number of phenols is 1. The van der Waals surface area contributed by atoms with E-state index in [-0.39, 0.29) is 0 Å². The van der Waals surface area contributed by atoms with Gasteiger partial charge in [-0.05, 0) is 47.6 Å². The Hall–Kier alpha value is -2.62. The van der Waals surface area contributed by atoms with Crippen LogP contribution in [0.1, 0.15) is 40.3 Å². The number of hydrogen-bond donors (Lipinski definition) is 1. The first kappa shape index (κ1) is 19.3. The van der Waals surface area contributed by atoms with Crippen LogP contribution < -0.4 is 0 Å². The molecule has 3 aromatic rings. The molecule has 0 aromatic heterocycles. The Morgan fingerprint density at radius 2 is 1.30 bits per heavy atom. The van der Waals surface area contributed by atoms with Crippen molar-refractivity contribution in [3.8, 4) is 5.75 Å². The molecule has 3 aromatic carbocycles. The molecule has 1 aliphatic carbocycles. The van der Waals surface area contributed by atoms with Crippen LogP contribution in [0.5, 0.6) is 5.75 Å². The number of aryl methyl sites for hydroxylation is 2. The fourth-order valence-corrected chi connectivity index (χ4v) is 5.09. The largest absolute Gasteiger partial charge is 0.508 e. The smallest absolute Gasteiger partial charge is 0.120 e. The van der Waals surface area contributed by atoms with Crippen LogP contribution in [0.3, 0.4) is 0 Å². The molecular weight excluding hydrogens is 368 g/mol. The summed E-state index contributed by atoms with van der Waals surface area (Å²) in [6.07, 6.45) is 3.49. The van der Waals surface area contributed by atoms with Gasteiger partial charge < -0.3 is 5.11 Å². The third-order valence-corrected chi connectivity index (χ3v) is 6.69. The van der Waals surface area contributed by atoms with E-state index < -0.39 is 0 Å². The minimum atomic E-state index is 0.294. The highest BCUT2D eigenvalue weighted by atomic mass is 16.3. The van der Waals surface area contributed by atoms with Gasteiger partial charge in [0.1, 0.15) is 5.75 Å². The molecule has 0 unspecified atom stereocenters. The van der Waals surface area contributed by atoms with Crippen LogP contribution in [0.15, 0.2) is 72.8 Å². The number of nitrogens with zero attached hydrogens (tertiary/aromatic N) is 2. The molecule has 3 nitrogen and oxygen atoms in total. The Balaban J connectivity index is 1.30. The van der Waals surface area contributed by atoms with Crippen LogP contribution >= 0.6 is 0 Å². The average molecular weight is 399 g/mol. The summed E-state index contributed by atoms with van der Waals surface area (Å²) in [6, 6.07) is 26.3. The van der Waals surface area contributed by atoms with Gasteiger partial charge >= 0.3 is 0 Å². The van der Waals surface area contributed by atoms with Crippen molar-refractivity contribution in [3.05, 3.63) is 101 Å². The van der Waals surface area contributed by atoms with Crippen molar-refractivity contribution in [2.45, 2.75) is 31.8 Å². The molecule has 1 saturated heterocycles. The molecule has 1 aliphatic heterocycles. The Labute approximate surface area is 179 Å². The number of benzene rings is 3. The minimum Gasteiger partial charge on any atom is -0.508 e. The molecule has 0 bridgehead atoms. The van der Waals surface area contributed by atoms with Gasteiger partial charge in [-0.2, -0.15) is 0 Å². The van der Waals surface area contributed by atoms with E-state index in [4.69, 9.17) is 0 Å². The van der Waals surface area contributed by atoms with E-state index in [9.17, 15) is 5.11 Å². The molecule has 0 amide bonds. The van der Waals surface area contributed by atoms with Gasteiger partial charge in [-0.1, -0.05) is 66.7 Å². The topological polar surface area (TPSA) is 26.7 Å². The lowest BCUT2D eigenvalue weighted by Crippen LogP contribution is -2.47. The summed E-state index contributed by atoms with van der Waals surface area (Å²) in [5.74, 6) is 0.476. The summed E-state index contributed by atoms with van der Waals surface area (Å²) >= 11 is 0. The molecule has 0 radical (unpaired) electrons. The number of phenolic OH excluding ortho intramolecular Hbond substituents is 1. The molecule has 0 atom stereocenters. The molecule has 1 heterocycles. The summed E-state index contributed by atoms with van der Waals surface area (Å²) in [5, 5.41) is 10.5. The van der Waals surface area contributed by atoms with Crippen molar-refractivity contribution >= 4 is 0 Å². The molecule has 154 valence electrons. The van der Waals surface area contributed by atoms with Crippen molar-refractivity contribution in [2.75, 3.05) is 26.2 Å². The van der Waals surface area contributed by atoms with Gasteiger partial charge in [0, 0.05) is 38.3 Å². The zero-order valence-electron chi connectivity index (χ0n) is 17.5. The standard InChI is InChI=1S/C27H30N2O/c30-26-19-24-13-7-12-23(24)18-25(26)20-28-14-16-29(17-15-28)27(21-8-3-1-4-9-21)22-10-5-2-6-11-22/h1-6,8-11,18-19,27,30H,7,12-17,20H2. The lowest BCUT2D eigenvalue weighted by atomic mass is 9.96. The van der Waals surface area contributed by atoms with Gasteiger partial charge in [0.05, 0.1) is 6.04 Å². The van der Waals surface area contributed by atoms with Gasteiger partial charge in [-0.25, -0.2) is 0 Å². The van der Waals surface area contributed by atoms with Crippen molar-refractivity contribution in [1.82, 2.24) is 9.80 Å². The first-order chi connectivity index (χ1) is 14.8.